The van der Waals surface area contributed by atoms with E-state index in [0.29, 0.717) is 0 Å². The monoisotopic (exact) mass is 196 g/mol. The van der Waals surface area contributed by atoms with E-state index in [0.717, 1.165) is 18.9 Å². The van der Waals surface area contributed by atoms with Gasteiger partial charge in [-0.3, -0.25) is 4.79 Å². The average molecular weight is 196 g/mol. The van der Waals surface area contributed by atoms with Crippen LogP contribution in [0.4, 0.5) is 0 Å². The van der Waals surface area contributed by atoms with Gasteiger partial charge < -0.3 is 10.2 Å². The van der Waals surface area contributed by atoms with Crippen LogP contribution in [0, 0.1) is 5.92 Å². The minimum Gasteiger partial charge on any atom is -0.344 e. The highest BCUT2D eigenvalue weighted by Crippen LogP contribution is 2.39. The molecule has 1 heterocycles. The maximum atomic E-state index is 11.7. The lowest BCUT2D eigenvalue weighted by molar-refractivity contribution is -0.128. The summed E-state index contributed by atoms with van der Waals surface area (Å²) in [6.45, 7) is 5.34. The molecule has 1 unspecified atom stereocenters. The molecule has 0 aromatic carbocycles. The van der Waals surface area contributed by atoms with Crippen molar-refractivity contribution in [1.82, 2.24) is 10.2 Å². The maximum Gasteiger partial charge on any atom is 0.239 e. The fourth-order valence-corrected chi connectivity index (χ4v) is 2.33. The number of amides is 1. The molecular formula is C11H20N2O. The molecule has 3 heteroatoms. The highest BCUT2D eigenvalue weighted by molar-refractivity contribution is 5.83. The van der Waals surface area contributed by atoms with Gasteiger partial charge >= 0.3 is 0 Å². The van der Waals surface area contributed by atoms with E-state index in [1.54, 1.807) is 0 Å². The van der Waals surface area contributed by atoms with Gasteiger partial charge in [0.2, 0.25) is 5.91 Å². The number of nitrogens with one attached hydrogen (secondary N) is 1. The lowest BCUT2D eigenvalue weighted by Crippen LogP contribution is -2.50. The SMILES string of the molecule is CN1CCC(NC(C)(C)C2CC2)C1=O. The topological polar surface area (TPSA) is 32.3 Å². The van der Waals surface area contributed by atoms with Crippen molar-refractivity contribution < 1.29 is 4.79 Å². The standard InChI is InChI=1S/C11H20N2O/c1-11(2,8-4-5-8)12-9-6-7-13(3)10(9)14/h8-9,12H,4-7H2,1-3H3. The van der Waals surface area contributed by atoms with Crippen LogP contribution >= 0.6 is 0 Å². The Morgan fingerprint density at radius 3 is 2.43 bits per heavy atom. The molecular weight excluding hydrogens is 176 g/mol. The van der Waals surface area contributed by atoms with Crippen LogP contribution < -0.4 is 5.32 Å². The van der Waals surface area contributed by atoms with Crippen LogP contribution in [0.15, 0.2) is 0 Å². The van der Waals surface area contributed by atoms with Crippen molar-refractivity contribution in [2.45, 2.75) is 44.7 Å². The smallest absolute Gasteiger partial charge is 0.239 e. The van der Waals surface area contributed by atoms with E-state index < -0.39 is 0 Å². The Kier molecular flexibility index (Phi) is 2.30. The van der Waals surface area contributed by atoms with Crippen molar-refractivity contribution >= 4 is 5.91 Å². The fraction of sp³-hybridized carbons (Fsp3) is 0.909. The second kappa shape index (κ2) is 3.23. The van der Waals surface area contributed by atoms with E-state index in [-0.39, 0.29) is 17.5 Å². The first kappa shape index (κ1) is 9.97. The molecule has 2 rings (SSSR count). The molecule has 0 radical (unpaired) electrons. The normalized spacial score (nSPS) is 28.6. The van der Waals surface area contributed by atoms with Crippen molar-refractivity contribution in [3.05, 3.63) is 0 Å². The number of likely N-dealkylation sites (tertiary alicyclic amines) is 1. The number of carbonyl (C=O) groups excluding carboxylic acids is 1. The summed E-state index contributed by atoms with van der Waals surface area (Å²) in [5.74, 6) is 1.04. The summed E-state index contributed by atoms with van der Waals surface area (Å²) in [4.78, 5) is 13.5. The van der Waals surface area contributed by atoms with Crippen LogP contribution in [-0.2, 0) is 4.79 Å². The Hall–Kier alpha value is -0.570. The first-order valence-corrected chi connectivity index (χ1v) is 5.53. The third-order valence-corrected chi connectivity index (χ3v) is 3.57. The molecule has 0 aromatic rings. The van der Waals surface area contributed by atoms with Crippen LogP contribution in [-0.4, -0.2) is 36.0 Å². The van der Waals surface area contributed by atoms with Gasteiger partial charge in [-0.25, -0.2) is 0 Å². The molecule has 14 heavy (non-hydrogen) atoms. The van der Waals surface area contributed by atoms with Gasteiger partial charge in [-0.1, -0.05) is 0 Å². The van der Waals surface area contributed by atoms with Crippen LogP contribution in [0.25, 0.3) is 0 Å². The van der Waals surface area contributed by atoms with Gasteiger partial charge in [-0.15, -0.1) is 0 Å². The molecule has 1 N–H and O–H groups in total. The van der Waals surface area contributed by atoms with Crippen LogP contribution in [0.3, 0.4) is 0 Å². The first-order chi connectivity index (χ1) is 6.50. The molecule has 1 aliphatic carbocycles. The first-order valence-electron chi connectivity index (χ1n) is 5.53. The van der Waals surface area contributed by atoms with Gasteiger partial charge in [-0.2, -0.15) is 0 Å². The lowest BCUT2D eigenvalue weighted by Gasteiger charge is -2.29. The number of likely N-dealkylation sites (N-methyl/N-ethyl adjacent to an activating group) is 1. The van der Waals surface area contributed by atoms with E-state index in [9.17, 15) is 4.79 Å². The number of hydrogen-bond acceptors (Lipinski definition) is 2. The highest BCUT2D eigenvalue weighted by atomic mass is 16.2. The summed E-state index contributed by atoms with van der Waals surface area (Å²) < 4.78 is 0. The van der Waals surface area contributed by atoms with Crippen LogP contribution in [0.5, 0.6) is 0 Å². The molecule has 3 nitrogen and oxygen atoms in total. The van der Waals surface area contributed by atoms with Crippen molar-refractivity contribution in [3.8, 4) is 0 Å². The molecule has 1 aliphatic heterocycles. The zero-order chi connectivity index (χ0) is 10.3. The van der Waals surface area contributed by atoms with Crippen molar-refractivity contribution in [1.29, 1.82) is 0 Å². The predicted molar refractivity (Wildman–Crippen MR) is 56.0 cm³/mol. The summed E-state index contributed by atoms with van der Waals surface area (Å²) >= 11 is 0. The van der Waals surface area contributed by atoms with E-state index in [1.807, 2.05) is 11.9 Å². The molecule has 80 valence electrons. The molecule has 2 fully saturated rings. The molecule has 1 saturated carbocycles. The maximum absolute atomic E-state index is 11.7. The van der Waals surface area contributed by atoms with Gasteiger partial charge in [0.25, 0.3) is 0 Å². The Morgan fingerprint density at radius 2 is 2.00 bits per heavy atom. The minimum atomic E-state index is 0.0654. The molecule has 0 aromatic heterocycles. The van der Waals surface area contributed by atoms with Crippen molar-refractivity contribution in [3.63, 3.8) is 0 Å². The molecule has 1 amide bonds. The van der Waals surface area contributed by atoms with Crippen LogP contribution in [0.1, 0.15) is 33.1 Å². The quantitative estimate of drug-likeness (QED) is 0.730. The van der Waals surface area contributed by atoms with E-state index in [4.69, 9.17) is 0 Å². The van der Waals surface area contributed by atoms with Gasteiger partial charge in [0, 0.05) is 19.1 Å². The number of nitrogens with zero attached hydrogens (tertiary/aromatic N) is 1. The second-order valence-electron chi connectivity index (χ2n) is 5.24. The minimum absolute atomic E-state index is 0.0654. The van der Waals surface area contributed by atoms with E-state index >= 15 is 0 Å². The predicted octanol–water partition coefficient (Wildman–Crippen LogP) is 0.995. The number of rotatable bonds is 3. The Morgan fingerprint density at radius 1 is 1.36 bits per heavy atom. The van der Waals surface area contributed by atoms with E-state index in [1.165, 1.54) is 12.8 Å². The molecule has 1 atom stereocenters. The number of carbonyl (C=O) groups is 1. The van der Waals surface area contributed by atoms with Gasteiger partial charge in [0.15, 0.2) is 0 Å². The van der Waals surface area contributed by atoms with Crippen molar-refractivity contribution in [2.24, 2.45) is 5.92 Å². The van der Waals surface area contributed by atoms with Gasteiger partial charge in [0.05, 0.1) is 6.04 Å². The summed E-state index contributed by atoms with van der Waals surface area (Å²) in [5, 5.41) is 3.51. The van der Waals surface area contributed by atoms with Crippen LogP contribution in [0.2, 0.25) is 0 Å². The lowest BCUT2D eigenvalue weighted by atomic mass is 9.97. The Bertz CT molecular complexity index is 246. The number of hydrogen-bond donors (Lipinski definition) is 1. The highest BCUT2D eigenvalue weighted by Gasteiger charge is 2.41. The zero-order valence-corrected chi connectivity index (χ0v) is 9.34. The summed E-state index contributed by atoms with van der Waals surface area (Å²) in [6, 6.07) is 0.0654. The summed E-state index contributed by atoms with van der Waals surface area (Å²) in [6.07, 6.45) is 3.60. The second-order valence-corrected chi connectivity index (χ2v) is 5.24. The molecule has 0 bridgehead atoms. The summed E-state index contributed by atoms with van der Waals surface area (Å²) in [5.41, 5.74) is 0.144. The third-order valence-electron chi connectivity index (χ3n) is 3.57. The molecule has 1 saturated heterocycles. The average Bonchev–Trinajstić information content (AvgIpc) is 2.89. The Balaban J connectivity index is 1.94. The summed E-state index contributed by atoms with van der Waals surface area (Å²) in [7, 11) is 1.88. The van der Waals surface area contributed by atoms with Gasteiger partial charge in [-0.05, 0) is 39.0 Å². The largest absolute Gasteiger partial charge is 0.344 e. The molecule has 0 spiro atoms. The fourth-order valence-electron chi connectivity index (χ4n) is 2.33. The van der Waals surface area contributed by atoms with E-state index in [2.05, 4.69) is 19.2 Å². The molecule has 2 aliphatic rings. The Labute approximate surface area is 85.8 Å². The third kappa shape index (κ3) is 1.78. The van der Waals surface area contributed by atoms with Gasteiger partial charge in [0.1, 0.15) is 0 Å². The zero-order valence-electron chi connectivity index (χ0n) is 9.34. The van der Waals surface area contributed by atoms with Crippen molar-refractivity contribution in [2.75, 3.05) is 13.6 Å².